The molecule has 0 radical (unpaired) electrons. The van der Waals surface area contributed by atoms with Crippen LogP contribution in [0, 0.1) is 5.82 Å². The number of amides is 1. The Hall–Kier alpha value is -3.39. The molecule has 1 aliphatic rings. The lowest BCUT2D eigenvalue weighted by Gasteiger charge is -2.32. The highest BCUT2D eigenvalue weighted by Crippen LogP contribution is 2.43. The van der Waals surface area contributed by atoms with Gasteiger partial charge < -0.3 is 10.1 Å². The van der Waals surface area contributed by atoms with Gasteiger partial charge in [-0.2, -0.15) is 0 Å². The van der Waals surface area contributed by atoms with E-state index in [1.54, 1.807) is 24.3 Å². The van der Waals surface area contributed by atoms with E-state index >= 15 is 0 Å². The van der Waals surface area contributed by atoms with Gasteiger partial charge in [0.15, 0.2) is 0 Å². The van der Waals surface area contributed by atoms with Crippen LogP contribution in [0.5, 0.6) is 5.75 Å². The van der Waals surface area contributed by atoms with E-state index in [4.69, 9.17) is 4.74 Å². The lowest BCUT2D eigenvalue weighted by molar-refractivity contribution is -0.119. The maximum atomic E-state index is 13.4. The summed E-state index contributed by atoms with van der Waals surface area (Å²) in [6.45, 7) is 4.15. The fourth-order valence-corrected chi connectivity index (χ4v) is 5.40. The molecule has 3 aromatic rings. The number of hydrogen-bond donors (Lipinski definition) is 1. The van der Waals surface area contributed by atoms with Gasteiger partial charge in [-0.05, 0) is 53.9 Å². The third-order valence-corrected chi connectivity index (χ3v) is 7.31. The molecule has 1 amide bonds. The van der Waals surface area contributed by atoms with Gasteiger partial charge in [0.2, 0.25) is 5.91 Å². The second-order valence-electron chi connectivity index (χ2n) is 8.09. The van der Waals surface area contributed by atoms with E-state index < -0.39 is 15.9 Å². The molecule has 172 valence electrons. The van der Waals surface area contributed by atoms with Crippen LogP contribution in [-0.2, 0) is 14.8 Å². The predicted molar refractivity (Wildman–Crippen MR) is 125 cm³/mol. The molecule has 4 rings (SSSR count). The van der Waals surface area contributed by atoms with Gasteiger partial charge in [-0.15, -0.1) is 0 Å². The molecular weight excluding hydrogens is 443 g/mol. The molecule has 0 saturated heterocycles. The van der Waals surface area contributed by atoms with Gasteiger partial charge in [-0.3, -0.25) is 9.10 Å². The highest BCUT2D eigenvalue weighted by Gasteiger charge is 2.36. The average Bonchev–Trinajstić information content (AvgIpc) is 2.80. The fraction of sp³-hybridized carbons (Fsp3) is 0.240. The minimum Gasteiger partial charge on any atom is -0.492 e. The number of fused-ring (bicyclic) bond motifs is 3. The molecule has 0 atom stereocenters. The maximum absolute atomic E-state index is 13.4. The summed E-state index contributed by atoms with van der Waals surface area (Å²) < 4.78 is 46.3. The number of anilines is 1. The Morgan fingerprint density at radius 1 is 1.03 bits per heavy atom. The number of sulfonamides is 1. The predicted octanol–water partition coefficient (Wildman–Crippen LogP) is 4.32. The lowest BCUT2D eigenvalue weighted by Crippen LogP contribution is -2.43. The van der Waals surface area contributed by atoms with Crippen LogP contribution in [0.15, 0.2) is 71.6 Å². The zero-order chi connectivity index (χ0) is 23.6. The molecule has 0 aromatic heterocycles. The quantitative estimate of drug-likeness (QED) is 0.524. The fourth-order valence-electron chi connectivity index (χ4n) is 3.75. The molecule has 0 saturated carbocycles. The molecule has 0 bridgehead atoms. The van der Waals surface area contributed by atoms with Crippen LogP contribution in [0.25, 0.3) is 11.1 Å². The lowest BCUT2D eigenvalue weighted by atomic mass is 9.95. The van der Waals surface area contributed by atoms with Crippen LogP contribution in [0.4, 0.5) is 10.1 Å². The van der Waals surface area contributed by atoms with Crippen molar-refractivity contribution in [2.24, 2.45) is 0 Å². The van der Waals surface area contributed by atoms with Gasteiger partial charge in [-0.1, -0.05) is 38.1 Å². The summed E-state index contributed by atoms with van der Waals surface area (Å²) in [5.41, 5.74) is 3.00. The molecule has 0 unspecified atom stereocenters. The van der Waals surface area contributed by atoms with E-state index in [0.29, 0.717) is 17.0 Å². The van der Waals surface area contributed by atoms with Crippen molar-refractivity contribution in [3.8, 4) is 16.9 Å². The van der Waals surface area contributed by atoms with Crippen molar-refractivity contribution in [2.75, 3.05) is 24.0 Å². The van der Waals surface area contributed by atoms with Gasteiger partial charge >= 0.3 is 0 Å². The topological polar surface area (TPSA) is 75.7 Å². The molecule has 0 fully saturated rings. The van der Waals surface area contributed by atoms with Crippen molar-refractivity contribution >= 4 is 21.6 Å². The van der Waals surface area contributed by atoms with E-state index in [0.717, 1.165) is 15.4 Å². The molecular formula is C25H25FN2O4S. The molecule has 3 aromatic carbocycles. The first-order valence-electron chi connectivity index (χ1n) is 10.7. The molecule has 1 N–H and O–H groups in total. The number of benzene rings is 3. The van der Waals surface area contributed by atoms with Gasteiger partial charge in [-0.25, -0.2) is 12.8 Å². The normalized spacial score (nSPS) is 13.9. The number of hydrogen-bond acceptors (Lipinski definition) is 4. The number of carbonyl (C=O) groups is 1. The zero-order valence-electron chi connectivity index (χ0n) is 18.4. The van der Waals surface area contributed by atoms with Gasteiger partial charge in [0.25, 0.3) is 10.0 Å². The maximum Gasteiger partial charge on any atom is 0.265 e. The summed E-state index contributed by atoms with van der Waals surface area (Å²) in [5.74, 6) is -0.0464. The number of nitrogens with one attached hydrogen (secondary N) is 1. The Morgan fingerprint density at radius 2 is 1.76 bits per heavy atom. The first kappa shape index (κ1) is 22.8. The van der Waals surface area contributed by atoms with E-state index in [1.165, 1.54) is 24.3 Å². The number of halogens is 1. The highest BCUT2D eigenvalue weighted by molar-refractivity contribution is 7.93. The second-order valence-corrected chi connectivity index (χ2v) is 9.92. The van der Waals surface area contributed by atoms with Crippen molar-refractivity contribution in [1.82, 2.24) is 5.32 Å². The van der Waals surface area contributed by atoms with Crippen molar-refractivity contribution in [2.45, 2.75) is 24.7 Å². The van der Waals surface area contributed by atoms with Crippen molar-refractivity contribution in [3.05, 3.63) is 78.1 Å². The number of carbonyl (C=O) groups excluding carboxylic acids is 1. The van der Waals surface area contributed by atoms with E-state index in [-0.39, 0.29) is 36.3 Å². The van der Waals surface area contributed by atoms with E-state index in [1.807, 2.05) is 18.2 Å². The van der Waals surface area contributed by atoms with Crippen LogP contribution in [0.1, 0.15) is 25.3 Å². The van der Waals surface area contributed by atoms with Crippen LogP contribution in [-0.4, -0.2) is 34.0 Å². The van der Waals surface area contributed by atoms with Gasteiger partial charge in [0.05, 0.1) is 17.1 Å². The number of nitrogens with zero attached hydrogens (tertiary/aromatic N) is 1. The molecule has 0 spiro atoms. The molecule has 1 aliphatic heterocycles. The average molecular weight is 469 g/mol. The summed E-state index contributed by atoms with van der Waals surface area (Å²) in [4.78, 5) is 12.8. The van der Waals surface area contributed by atoms with Crippen LogP contribution in [0.2, 0.25) is 0 Å². The van der Waals surface area contributed by atoms with Crippen LogP contribution < -0.4 is 14.4 Å². The Labute approximate surface area is 193 Å². The third-order valence-electron chi connectivity index (χ3n) is 5.50. The van der Waals surface area contributed by atoms with Crippen molar-refractivity contribution in [3.63, 3.8) is 0 Å². The molecule has 1 heterocycles. The Bertz CT molecular complexity index is 1270. The summed E-state index contributed by atoms with van der Waals surface area (Å²) in [7, 11) is -3.90. The highest BCUT2D eigenvalue weighted by atomic mass is 32.2. The van der Waals surface area contributed by atoms with Crippen molar-refractivity contribution in [1.29, 1.82) is 0 Å². The summed E-state index contributed by atoms with van der Waals surface area (Å²) in [6.07, 6.45) is 0. The molecule has 6 nitrogen and oxygen atoms in total. The largest absolute Gasteiger partial charge is 0.492 e. The zero-order valence-corrected chi connectivity index (χ0v) is 19.2. The first-order chi connectivity index (χ1) is 15.8. The summed E-state index contributed by atoms with van der Waals surface area (Å²) >= 11 is 0. The minimum atomic E-state index is -3.90. The van der Waals surface area contributed by atoms with Crippen LogP contribution >= 0.6 is 0 Å². The Balaban J connectivity index is 1.51. The second kappa shape index (κ2) is 9.23. The van der Waals surface area contributed by atoms with Gasteiger partial charge in [0.1, 0.15) is 24.7 Å². The number of rotatable bonds is 7. The van der Waals surface area contributed by atoms with E-state index in [9.17, 15) is 17.6 Å². The Kier molecular flexibility index (Phi) is 6.37. The Morgan fingerprint density at radius 3 is 2.48 bits per heavy atom. The van der Waals surface area contributed by atoms with Crippen molar-refractivity contribution < 1.29 is 22.3 Å². The number of ether oxygens (including phenoxy) is 1. The molecule has 8 heteroatoms. The molecule has 0 aliphatic carbocycles. The van der Waals surface area contributed by atoms with Gasteiger partial charge in [0, 0.05) is 11.1 Å². The van der Waals surface area contributed by atoms with E-state index in [2.05, 4.69) is 19.2 Å². The standard InChI is InChI=1S/C25H25FN2O4S/c1-17(2)18-7-12-23-22(15-18)21-5-3-4-6-24(21)33(30,31)28(23)16-25(29)27-13-14-32-20-10-8-19(26)9-11-20/h3-12,15,17H,13-14,16H2,1-2H3,(H,27,29). The summed E-state index contributed by atoms with van der Waals surface area (Å²) in [5, 5.41) is 2.69. The monoisotopic (exact) mass is 468 g/mol. The summed E-state index contributed by atoms with van der Waals surface area (Å²) in [6, 6.07) is 18.1. The third kappa shape index (κ3) is 4.71. The minimum absolute atomic E-state index is 0.168. The molecule has 33 heavy (non-hydrogen) atoms. The first-order valence-corrected chi connectivity index (χ1v) is 12.1. The SMILES string of the molecule is CC(C)c1ccc2c(c1)-c1ccccc1S(=O)(=O)N2CC(=O)NCCOc1ccc(F)cc1. The van der Waals surface area contributed by atoms with Crippen LogP contribution in [0.3, 0.4) is 0 Å². The smallest absolute Gasteiger partial charge is 0.265 e.